The molecule has 1 aliphatic rings. The molecule has 0 spiro atoms. The lowest BCUT2D eigenvalue weighted by molar-refractivity contribution is -0.0351. The smallest absolute Gasteiger partial charge is 0.394 e. The molecule has 0 aromatic carbocycles. The molecule has 11 heteroatoms. The summed E-state index contributed by atoms with van der Waals surface area (Å²) >= 11 is 0. The largest absolute Gasteiger partial charge is 0.491 e. The summed E-state index contributed by atoms with van der Waals surface area (Å²) in [6, 6.07) is -0.939. The molecule has 0 saturated carbocycles. The predicted molar refractivity (Wildman–Crippen MR) is 57.3 cm³/mol. The highest BCUT2D eigenvalue weighted by molar-refractivity contribution is 7.46. The van der Waals surface area contributed by atoms with Crippen molar-refractivity contribution in [3.8, 4) is 0 Å². The number of aliphatic hydroxyl groups is 2. The third kappa shape index (κ3) is 3.95. The summed E-state index contributed by atoms with van der Waals surface area (Å²) in [5.41, 5.74) is 5.36. The third-order valence-electron chi connectivity index (χ3n) is 2.03. The van der Waals surface area contributed by atoms with E-state index in [0.29, 0.717) is 0 Å². The van der Waals surface area contributed by atoms with Crippen LogP contribution in [0, 0.1) is 0 Å². The van der Waals surface area contributed by atoms with E-state index < -0.39 is 26.6 Å². The van der Waals surface area contributed by atoms with Crippen LogP contribution in [0.5, 0.6) is 0 Å². The molecule has 18 heavy (non-hydrogen) atoms. The normalized spacial score (nSPS) is 18.9. The Hall–Kier alpha value is -1.16. The van der Waals surface area contributed by atoms with E-state index in [9.17, 15) is 14.5 Å². The van der Waals surface area contributed by atoms with Gasteiger partial charge in [-0.15, -0.1) is 5.06 Å². The average Bonchev–Trinajstić information content (AvgIpc) is 2.26. The van der Waals surface area contributed by atoms with Gasteiger partial charge in [-0.3, -0.25) is 0 Å². The average molecular weight is 283 g/mol. The SMILES string of the molecule is NC1=CCN(CC(O)CO)C(=O)N1OP(=O)(O)O. The Kier molecular flexibility index (Phi) is 4.68. The Bertz CT molecular complexity index is 395. The van der Waals surface area contributed by atoms with Crippen molar-refractivity contribution < 1.29 is 34.0 Å². The zero-order valence-corrected chi connectivity index (χ0v) is 10.1. The molecule has 1 atom stereocenters. The number of aliphatic hydroxyl groups excluding tert-OH is 2. The second-order valence-corrected chi connectivity index (χ2v) is 4.66. The van der Waals surface area contributed by atoms with Crippen molar-refractivity contribution in [2.24, 2.45) is 5.73 Å². The molecule has 0 aromatic rings. The number of hydrogen-bond donors (Lipinski definition) is 5. The van der Waals surface area contributed by atoms with Crippen molar-refractivity contribution in [1.82, 2.24) is 9.96 Å². The summed E-state index contributed by atoms with van der Waals surface area (Å²) in [4.78, 5) is 30.0. The lowest BCUT2D eigenvalue weighted by Crippen LogP contribution is -2.50. The number of hydroxylamine groups is 2. The highest BCUT2D eigenvalue weighted by Gasteiger charge is 2.33. The van der Waals surface area contributed by atoms with Crippen LogP contribution in [0.2, 0.25) is 0 Å². The summed E-state index contributed by atoms with van der Waals surface area (Å²) in [6.07, 6.45) is 0.111. The van der Waals surface area contributed by atoms with Gasteiger partial charge in [-0.2, -0.15) is 4.62 Å². The van der Waals surface area contributed by atoms with E-state index in [2.05, 4.69) is 4.62 Å². The Labute approximate surface area is 102 Å². The lowest BCUT2D eigenvalue weighted by atomic mass is 10.3. The number of nitrogens with zero attached hydrogens (tertiary/aromatic N) is 2. The predicted octanol–water partition coefficient (Wildman–Crippen LogP) is -2.10. The zero-order valence-electron chi connectivity index (χ0n) is 9.21. The standard InChI is InChI=1S/C7H14N3O7P/c8-6-1-2-9(3-5(12)4-11)7(13)10(6)17-18(14,15)16/h1,5,11-12H,2-4,8H2,(H2,14,15,16). The second kappa shape index (κ2) is 5.65. The van der Waals surface area contributed by atoms with Crippen LogP contribution in [-0.4, -0.2) is 61.8 Å². The topological polar surface area (TPSA) is 157 Å². The van der Waals surface area contributed by atoms with Gasteiger partial charge in [0.1, 0.15) is 5.82 Å². The Morgan fingerprint density at radius 1 is 1.56 bits per heavy atom. The maximum absolute atomic E-state index is 11.7. The van der Waals surface area contributed by atoms with Crippen molar-refractivity contribution in [3.63, 3.8) is 0 Å². The Morgan fingerprint density at radius 2 is 2.17 bits per heavy atom. The quantitative estimate of drug-likeness (QED) is 0.359. The number of amides is 2. The van der Waals surface area contributed by atoms with Gasteiger partial charge in [0.25, 0.3) is 0 Å². The summed E-state index contributed by atoms with van der Waals surface area (Å²) < 4.78 is 14.8. The summed E-state index contributed by atoms with van der Waals surface area (Å²) in [5, 5.41) is 18.1. The number of hydrogen-bond acceptors (Lipinski definition) is 6. The van der Waals surface area contributed by atoms with Gasteiger partial charge in [-0.05, 0) is 6.08 Å². The molecular weight excluding hydrogens is 269 g/mol. The Morgan fingerprint density at radius 3 is 2.67 bits per heavy atom. The third-order valence-corrected chi connectivity index (χ3v) is 2.41. The number of rotatable bonds is 5. The minimum Gasteiger partial charge on any atom is -0.394 e. The summed E-state index contributed by atoms with van der Waals surface area (Å²) in [6.45, 7) is -0.745. The van der Waals surface area contributed by atoms with E-state index in [4.69, 9.17) is 20.6 Å². The first-order chi connectivity index (χ1) is 8.24. The van der Waals surface area contributed by atoms with Crippen LogP contribution in [0.4, 0.5) is 4.79 Å². The van der Waals surface area contributed by atoms with Crippen LogP contribution in [0.15, 0.2) is 11.9 Å². The minimum absolute atomic E-state index is 0.0305. The van der Waals surface area contributed by atoms with Crippen LogP contribution in [0.3, 0.4) is 0 Å². The first-order valence-electron chi connectivity index (χ1n) is 4.83. The van der Waals surface area contributed by atoms with Crippen LogP contribution in [0.25, 0.3) is 0 Å². The molecule has 0 bridgehead atoms. The molecule has 6 N–H and O–H groups in total. The van der Waals surface area contributed by atoms with Gasteiger partial charge < -0.3 is 30.6 Å². The lowest BCUT2D eigenvalue weighted by Gasteiger charge is -2.33. The molecule has 1 aliphatic heterocycles. The molecule has 1 rings (SSSR count). The maximum atomic E-state index is 11.7. The number of β-amino-alcohol motifs (C(OH)–C–C–N with tert-alkyl or cyclic N) is 1. The number of carbonyl (C=O) groups is 1. The number of nitrogens with two attached hydrogens (primary N) is 1. The number of phosphoric acid groups is 1. The minimum atomic E-state index is -4.93. The maximum Gasteiger partial charge on any atom is 0.491 e. The molecular formula is C7H14N3O7P. The molecule has 0 aliphatic carbocycles. The van der Waals surface area contributed by atoms with Crippen molar-refractivity contribution in [1.29, 1.82) is 0 Å². The zero-order chi connectivity index (χ0) is 13.9. The molecule has 0 aromatic heterocycles. The molecule has 0 fully saturated rings. The molecule has 104 valence electrons. The van der Waals surface area contributed by atoms with Gasteiger partial charge in [-0.1, -0.05) is 0 Å². The molecule has 0 saturated heterocycles. The van der Waals surface area contributed by atoms with Crippen molar-refractivity contribution >= 4 is 13.9 Å². The van der Waals surface area contributed by atoms with E-state index >= 15 is 0 Å². The molecule has 10 nitrogen and oxygen atoms in total. The fourth-order valence-corrected chi connectivity index (χ4v) is 1.63. The van der Waals surface area contributed by atoms with E-state index in [0.717, 1.165) is 4.90 Å². The first-order valence-corrected chi connectivity index (χ1v) is 6.36. The number of urea groups is 1. The van der Waals surface area contributed by atoms with Gasteiger partial charge >= 0.3 is 13.9 Å². The second-order valence-electron chi connectivity index (χ2n) is 3.52. The molecule has 0 radical (unpaired) electrons. The molecule has 1 unspecified atom stereocenters. The number of carbonyl (C=O) groups excluding carboxylic acids is 1. The van der Waals surface area contributed by atoms with E-state index in [1.807, 2.05) is 0 Å². The fraction of sp³-hybridized carbons (Fsp3) is 0.571. The monoisotopic (exact) mass is 283 g/mol. The highest BCUT2D eigenvalue weighted by Crippen LogP contribution is 2.38. The fourth-order valence-electron chi connectivity index (χ4n) is 1.26. The van der Waals surface area contributed by atoms with Gasteiger partial charge in [0, 0.05) is 6.54 Å². The van der Waals surface area contributed by atoms with E-state index in [1.54, 1.807) is 0 Å². The highest BCUT2D eigenvalue weighted by atomic mass is 31.2. The van der Waals surface area contributed by atoms with E-state index in [1.165, 1.54) is 6.08 Å². The van der Waals surface area contributed by atoms with Crippen LogP contribution in [0.1, 0.15) is 0 Å². The van der Waals surface area contributed by atoms with Crippen LogP contribution >= 0.6 is 7.82 Å². The van der Waals surface area contributed by atoms with Crippen molar-refractivity contribution in [2.75, 3.05) is 19.7 Å². The molecule has 1 heterocycles. The van der Waals surface area contributed by atoms with Crippen LogP contribution < -0.4 is 5.73 Å². The Balaban J connectivity index is 2.79. The van der Waals surface area contributed by atoms with E-state index in [-0.39, 0.29) is 24.0 Å². The van der Waals surface area contributed by atoms with Crippen molar-refractivity contribution in [2.45, 2.75) is 6.10 Å². The van der Waals surface area contributed by atoms with Gasteiger partial charge in [0.2, 0.25) is 0 Å². The van der Waals surface area contributed by atoms with Crippen molar-refractivity contribution in [3.05, 3.63) is 11.9 Å². The summed E-state index contributed by atoms with van der Waals surface area (Å²) in [7, 11) is -4.93. The molecule has 2 amide bonds. The first kappa shape index (κ1) is 14.9. The van der Waals surface area contributed by atoms with Gasteiger partial charge in [0.15, 0.2) is 0 Å². The van der Waals surface area contributed by atoms with Gasteiger partial charge in [0.05, 0.1) is 19.3 Å². The van der Waals surface area contributed by atoms with Gasteiger partial charge in [-0.25, -0.2) is 9.36 Å². The summed E-state index contributed by atoms with van der Waals surface area (Å²) in [5.74, 6) is -0.266. The van der Waals surface area contributed by atoms with Crippen LogP contribution in [-0.2, 0) is 9.19 Å².